The van der Waals surface area contributed by atoms with Crippen molar-refractivity contribution in [3.63, 3.8) is 0 Å². The molecule has 2 rings (SSSR count). The van der Waals surface area contributed by atoms with Gasteiger partial charge in [-0.3, -0.25) is 0 Å². The molecule has 1 atom stereocenters. The monoisotopic (exact) mass is 176 g/mol. The normalized spacial score (nSPS) is 21.1. The lowest BCUT2D eigenvalue weighted by atomic mass is 9.90. The molecule has 0 radical (unpaired) electrons. The van der Waals surface area contributed by atoms with Gasteiger partial charge in [0.15, 0.2) is 0 Å². The Morgan fingerprint density at radius 1 is 1.31 bits per heavy atom. The summed E-state index contributed by atoms with van der Waals surface area (Å²) < 4.78 is 0. The summed E-state index contributed by atoms with van der Waals surface area (Å²) in [6, 6.07) is 10.6. The van der Waals surface area contributed by atoms with Gasteiger partial charge in [-0.25, -0.2) is 0 Å². The van der Waals surface area contributed by atoms with Crippen LogP contribution in [-0.4, -0.2) is 11.2 Å². The van der Waals surface area contributed by atoms with Crippen LogP contribution in [0.5, 0.6) is 0 Å². The lowest BCUT2D eigenvalue weighted by Gasteiger charge is -2.17. The lowest BCUT2D eigenvalue weighted by Crippen LogP contribution is -2.14. The van der Waals surface area contributed by atoms with Crippen LogP contribution in [0.3, 0.4) is 0 Å². The summed E-state index contributed by atoms with van der Waals surface area (Å²) in [6.45, 7) is 1.88. The summed E-state index contributed by atoms with van der Waals surface area (Å²) in [6.07, 6.45) is 3.21. The van der Waals surface area contributed by atoms with Crippen molar-refractivity contribution in [1.82, 2.24) is 0 Å². The van der Waals surface area contributed by atoms with Gasteiger partial charge in [0.25, 0.3) is 0 Å². The molecule has 0 aromatic heterocycles. The molecule has 1 aromatic rings. The van der Waals surface area contributed by atoms with E-state index in [9.17, 15) is 5.11 Å². The minimum Gasteiger partial charge on any atom is -0.393 e. The van der Waals surface area contributed by atoms with Crippen LogP contribution in [-0.2, 0) is 5.41 Å². The van der Waals surface area contributed by atoms with E-state index in [1.165, 1.54) is 18.4 Å². The molecule has 70 valence electrons. The van der Waals surface area contributed by atoms with Gasteiger partial charge in [-0.2, -0.15) is 0 Å². The first kappa shape index (κ1) is 8.76. The molecule has 0 heterocycles. The third-order valence-electron chi connectivity index (χ3n) is 2.93. The van der Waals surface area contributed by atoms with Crippen LogP contribution >= 0.6 is 0 Å². The first-order valence-electron chi connectivity index (χ1n) is 4.97. The molecule has 1 saturated carbocycles. The van der Waals surface area contributed by atoms with Gasteiger partial charge in [-0.1, -0.05) is 30.3 Å². The number of aliphatic hydroxyl groups is 1. The van der Waals surface area contributed by atoms with Crippen LogP contribution in [0.4, 0.5) is 0 Å². The van der Waals surface area contributed by atoms with E-state index in [1.54, 1.807) is 0 Å². The smallest absolute Gasteiger partial charge is 0.0520 e. The van der Waals surface area contributed by atoms with E-state index in [0.29, 0.717) is 5.41 Å². The number of hydrogen-bond donors (Lipinski definition) is 1. The number of aliphatic hydroxyl groups excluding tert-OH is 1. The van der Waals surface area contributed by atoms with Gasteiger partial charge in [0.1, 0.15) is 0 Å². The maximum Gasteiger partial charge on any atom is 0.0520 e. The van der Waals surface area contributed by atoms with Crippen LogP contribution in [0.2, 0.25) is 0 Å². The van der Waals surface area contributed by atoms with Crippen molar-refractivity contribution >= 4 is 0 Å². The fourth-order valence-electron chi connectivity index (χ4n) is 2.12. The average molecular weight is 176 g/mol. The van der Waals surface area contributed by atoms with Crippen molar-refractivity contribution in [2.75, 3.05) is 0 Å². The molecular weight excluding hydrogens is 160 g/mol. The Labute approximate surface area is 79.4 Å². The number of benzene rings is 1. The highest BCUT2D eigenvalue weighted by atomic mass is 16.3. The predicted octanol–water partition coefficient (Wildman–Crippen LogP) is 2.49. The van der Waals surface area contributed by atoms with Crippen LogP contribution in [0.25, 0.3) is 0 Å². The molecular formula is C12H16O. The van der Waals surface area contributed by atoms with Crippen molar-refractivity contribution in [1.29, 1.82) is 0 Å². The molecule has 0 bridgehead atoms. The number of hydrogen-bond acceptors (Lipinski definition) is 1. The van der Waals surface area contributed by atoms with Crippen molar-refractivity contribution in [3.05, 3.63) is 35.9 Å². The second-order valence-electron chi connectivity index (χ2n) is 4.20. The highest BCUT2D eigenvalue weighted by Gasteiger charge is 2.44. The predicted molar refractivity (Wildman–Crippen MR) is 53.7 cm³/mol. The maximum absolute atomic E-state index is 9.39. The molecule has 0 saturated heterocycles. The fourth-order valence-corrected chi connectivity index (χ4v) is 2.12. The Bertz CT molecular complexity index is 272. The Hall–Kier alpha value is -0.820. The number of rotatable bonds is 3. The van der Waals surface area contributed by atoms with Crippen LogP contribution in [0, 0.1) is 0 Å². The summed E-state index contributed by atoms with van der Waals surface area (Å²) in [7, 11) is 0. The highest BCUT2D eigenvalue weighted by Crippen LogP contribution is 2.51. The summed E-state index contributed by atoms with van der Waals surface area (Å²) in [5, 5.41) is 9.39. The topological polar surface area (TPSA) is 20.2 Å². The van der Waals surface area contributed by atoms with Crippen molar-refractivity contribution in [3.8, 4) is 0 Å². The molecule has 0 unspecified atom stereocenters. The second kappa shape index (κ2) is 3.15. The van der Waals surface area contributed by atoms with Crippen LogP contribution < -0.4 is 0 Å². The molecule has 1 aliphatic carbocycles. The Morgan fingerprint density at radius 3 is 2.38 bits per heavy atom. The van der Waals surface area contributed by atoms with Crippen LogP contribution in [0.15, 0.2) is 30.3 Å². The minimum atomic E-state index is -0.178. The van der Waals surface area contributed by atoms with Gasteiger partial charge in [-0.15, -0.1) is 0 Å². The average Bonchev–Trinajstić information content (AvgIpc) is 2.86. The summed E-state index contributed by atoms with van der Waals surface area (Å²) >= 11 is 0. The third kappa shape index (κ3) is 1.75. The first-order chi connectivity index (χ1) is 6.23. The van der Waals surface area contributed by atoms with E-state index in [2.05, 4.69) is 24.3 Å². The van der Waals surface area contributed by atoms with Crippen molar-refractivity contribution in [2.24, 2.45) is 0 Å². The first-order valence-corrected chi connectivity index (χ1v) is 4.97. The maximum atomic E-state index is 9.39. The zero-order chi connectivity index (χ0) is 9.31. The van der Waals surface area contributed by atoms with Gasteiger partial charge in [-0.05, 0) is 37.2 Å². The highest BCUT2D eigenvalue weighted by molar-refractivity contribution is 5.31. The molecule has 1 aliphatic rings. The lowest BCUT2D eigenvalue weighted by molar-refractivity contribution is 0.170. The summed E-state index contributed by atoms with van der Waals surface area (Å²) in [5.74, 6) is 0. The molecule has 13 heavy (non-hydrogen) atoms. The molecule has 0 amide bonds. The van der Waals surface area contributed by atoms with Crippen molar-refractivity contribution < 1.29 is 5.11 Å². The standard InChI is InChI=1S/C12H16O/c1-10(13)9-12(7-8-12)11-5-3-2-4-6-11/h2-6,10,13H,7-9H2,1H3/t10-/m0/s1. The SMILES string of the molecule is C[C@H](O)CC1(c2ccccc2)CC1. The largest absolute Gasteiger partial charge is 0.393 e. The van der Waals surface area contributed by atoms with E-state index in [0.717, 1.165) is 6.42 Å². The van der Waals surface area contributed by atoms with Crippen molar-refractivity contribution in [2.45, 2.75) is 37.7 Å². The molecule has 1 heteroatoms. The zero-order valence-corrected chi connectivity index (χ0v) is 8.03. The van der Waals surface area contributed by atoms with Gasteiger partial charge in [0, 0.05) is 0 Å². The van der Waals surface area contributed by atoms with E-state index >= 15 is 0 Å². The van der Waals surface area contributed by atoms with Gasteiger partial charge >= 0.3 is 0 Å². The summed E-state index contributed by atoms with van der Waals surface area (Å²) in [5.41, 5.74) is 1.71. The minimum absolute atomic E-state index is 0.178. The van der Waals surface area contributed by atoms with Gasteiger partial charge in [0.05, 0.1) is 6.10 Å². The Morgan fingerprint density at radius 2 is 1.92 bits per heavy atom. The van der Waals surface area contributed by atoms with Gasteiger partial charge < -0.3 is 5.11 Å². The molecule has 1 nitrogen and oxygen atoms in total. The molecule has 0 aliphatic heterocycles. The zero-order valence-electron chi connectivity index (χ0n) is 8.03. The van der Waals surface area contributed by atoms with E-state index < -0.39 is 0 Å². The van der Waals surface area contributed by atoms with E-state index in [-0.39, 0.29) is 6.10 Å². The van der Waals surface area contributed by atoms with E-state index in [4.69, 9.17) is 0 Å². The Balaban J connectivity index is 2.16. The van der Waals surface area contributed by atoms with E-state index in [1.807, 2.05) is 13.0 Å². The Kier molecular flexibility index (Phi) is 2.12. The molecule has 1 fully saturated rings. The van der Waals surface area contributed by atoms with Gasteiger partial charge in [0.2, 0.25) is 0 Å². The quantitative estimate of drug-likeness (QED) is 0.750. The van der Waals surface area contributed by atoms with Crippen LogP contribution in [0.1, 0.15) is 31.7 Å². The molecule has 1 aromatic carbocycles. The summed E-state index contributed by atoms with van der Waals surface area (Å²) in [4.78, 5) is 0. The fraction of sp³-hybridized carbons (Fsp3) is 0.500. The molecule has 1 N–H and O–H groups in total. The third-order valence-corrected chi connectivity index (χ3v) is 2.93. The second-order valence-corrected chi connectivity index (χ2v) is 4.20. The molecule has 0 spiro atoms.